The molecule has 2 nitrogen and oxygen atoms in total. The lowest BCUT2D eigenvalue weighted by atomic mass is 9.93. The fraction of sp³-hybridized carbons (Fsp3) is 0.200. The minimum absolute atomic E-state index is 0.0000926. The van der Waals surface area contributed by atoms with Crippen molar-refractivity contribution in [3.63, 3.8) is 0 Å². The average molecular weight is 160 g/mol. The lowest BCUT2D eigenvalue weighted by Gasteiger charge is -2.19. The van der Waals surface area contributed by atoms with Crippen LogP contribution in [0.4, 0.5) is 0 Å². The highest BCUT2D eigenvalue weighted by Crippen LogP contribution is 2.20. The molecule has 2 rings (SSSR count). The van der Waals surface area contributed by atoms with Gasteiger partial charge in [0.25, 0.3) is 0 Å². The number of rotatable bonds is 0. The first kappa shape index (κ1) is 7.37. The van der Waals surface area contributed by atoms with Crippen molar-refractivity contribution in [2.24, 2.45) is 11.5 Å². The molecule has 0 saturated heterocycles. The van der Waals surface area contributed by atoms with Gasteiger partial charge in [-0.15, -0.1) is 0 Å². The van der Waals surface area contributed by atoms with Crippen molar-refractivity contribution in [3.05, 3.63) is 41.1 Å². The summed E-state index contributed by atoms with van der Waals surface area (Å²) in [4.78, 5) is 0. The zero-order valence-corrected chi connectivity index (χ0v) is 6.83. The van der Waals surface area contributed by atoms with Crippen molar-refractivity contribution in [2.75, 3.05) is 0 Å². The molecule has 0 bridgehead atoms. The zero-order chi connectivity index (χ0) is 8.55. The molecule has 1 unspecified atom stereocenters. The topological polar surface area (TPSA) is 52.0 Å². The van der Waals surface area contributed by atoms with E-state index in [-0.39, 0.29) is 6.04 Å². The Bertz CT molecular complexity index is 328. The molecule has 12 heavy (non-hydrogen) atoms. The summed E-state index contributed by atoms with van der Waals surface area (Å²) in [6.07, 6.45) is 2.82. The Morgan fingerprint density at radius 2 is 2.00 bits per heavy atom. The SMILES string of the molecule is NC1=Cc2ccccc2CC1N. The number of hydrogen-bond donors (Lipinski definition) is 2. The molecule has 0 amide bonds. The van der Waals surface area contributed by atoms with Gasteiger partial charge in [-0.25, -0.2) is 0 Å². The normalized spacial score (nSPS) is 21.4. The summed E-state index contributed by atoms with van der Waals surface area (Å²) in [7, 11) is 0. The Morgan fingerprint density at radius 3 is 2.83 bits per heavy atom. The van der Waals surface area contributed by atoms with Gasteiger partial charge in [0.05, 0.1) is 0 Å². The standard InChI is InChI=1S/C10H12N2/c11-9-5-7-3-1-2-4-8(7)6-10(9)12/h1-5,10H,6,11-12H2. The van der Waals surface area contributed by atoms with Crippen molar-refractivity contribution < 1.29 is 0 Å². The van der Waals surface area contributed by atoms with E-state index in [4.69, 9.17) is 11.5 Å². The molecule has 1 aromatic rings. The fourth-order valence-electron chi connectivity index (χ4n) is 1.50. The second-order valence-corrected chi connectivity index (χ2v) is 3.15. The summed E-state index contributed by atoms with van der Waals surface area (Å²) in [5.41, 5.74) is 14.8. The number of nitrogens with two attached hydrogens (primary N) is 2. The van der Waals surface area contributed by atoms with E-state index >= 15 is 0 Å². The summed E-state index contributed by atoms with van der Waals surface area (Å²) in [5, 5.41) is 0. The van der Waals surface area contributed by atoms with Crippen LogP contribution in [0, 0.1) is 0 Å². The lowest BCUT2D eigenvalue weighted by molar-refractivity contribution is 0.748. The third-order valence-corrected chi connectivity index (χ3v) is 2.25. The van der Waals surface area contributed by atoms with E-state index in [9.17, 15) is 0 Å². The molecule has 1 aliphatic rings. The molecule has 0 aromatic heterocycles. The zero-order valence-electron chi connectivity index (χ0n) is 6.83. The molecule has 0 heterocycles. The Morgan fingerprint density at radius 1 is 1.25 bits per heavy atom. The van der Waals surface area contributed by atoms with Gasteiger partial charge in [-0.1, -0.05) is 24.3 Å². The second kappa shape index (κ2) is 2.64. The van der Waals surface area contributed by atoms with E-state index in [1.165, 1.54) is 11.1 Å². The fourth-order valence-corrected chi connectivity index (χ4v) is 1.50. The first-order chi connectivity index (χ1) is 5.77. The van der Waals surface area contributed by atoms with Crippen molar-refractivity contribution in [3.8, 4) is 0 Å². The highest BCUT2D eigenvalue weighted by atomic mass is 14.7. The molecule has 4 N–H and O–H groups in total. The lowest BCUT2D eigenvalue weighted by Crippen LogP contribution is -2.32. The van der Waals surface area contributed by atoms with E-state index in [0.29, 0.717) is 0 Å². The molecule has 0 aliphatic heterocycles. The van der Waals surface area contributed by atoms with Crippen LogP contribution in [0.15, 0.2) is 30.0 Å². The molecule has 62 valence electrons. The minimum Gasteiger partial charge on any atom is -0.401 e. The van der Waals surface area contributed by atoms with E-state index in [1.807, 2.05) is 18.2 Å². The quantitative estimate of drug-likeness (QED) is 0.591. The van der Waals surface area contributed by atoms with Gasteiger partial charge in [0.2, 0.25) is 0 Å². The van der Waals surface area contributed by atoms with Crippen LogP contribution >= 0.6 is 0 Å². The maximum atomic E-state index is 5.80. The van der Waals surface area contributed by atoms with Crippen LogP contribution in [0.2, 0.25) is 0 Å². The molecule has 0 spiro atoms. The van der Waals surface area contributed by atoms with Crippen LogP contribution in [0.5, 0.6) is 0 Å². The monoisotopic (exact) mass is 160 g/mol. The molecule has 0 saturated carbocycles. The van der Waals surface area contributed by atoms with Crippen molar-refractivity contribution in [2.45, 2.75) is 12.5 Å². The smallest absolute Gasteiger partial charge is 0.0483 e. The summed E-state index contributed by atoms with van der Waals surface area (Å²) < 4.78 is 0. The van der Waals surface area contributed by atoms with Gasteiger partial charge in [0, 0.05) is 11.7 Å². The Kier molecular flexibility index (Phi) is 1.62. The predicted molar refractivity (Wildman–Crippen MR) is 50.3 cm³/mol. The molecule has 0 radical (unpaired) electrons. The van der Waals surface area contributed by atoms with Gasteiger partial charge >= 0.3 is 0 Å². The number of fused-ring (bicyclic) bond motifs is 1. The number of benzene rings is 1. The molecular formula is C10H12N2. The maximum Gasteiger partial charge on any atom is 0.0483 e. The van der Waals surface area contributed by atoms with Gasteiger partial charge in [-0.3, -0.25) is 0 Å². The molecule has 1 aliphatic carbocycles. The van der Waals surface area contributed by atoms with E-state index < -0.39 is 0 Å². The van der Waals surface area contributed by atoms with Gasteiger partial charge < -0.3 is 11.5 Å². The van der Waals surface area contributed by atoms with Crippen LogP contribution in [0.25, 0.3) is 6.08 Å². The average Bonchev–Trinajstić information content (AvgIpc) is 2.07. The first-order valence-electron chi connectivity index (χ1n) is 4.08. The molecule has 1 atom stereocenters. The van der Waals surface area contributed by atoms with Gasteiger partial charge in [0.1, 0.15) is 0 Å². The Labute approximate surface area is 71.9 Å². The van der Waals surface area contributed by atoms with E-state index in [1.54, 1.807) is 0 Å². The summed E-state index contributed by atoms with van der Waals surface area (Å²) >= 11 is 0. The van der Waals surface area contributed by atoms with Gasteiger partial charge in [0.15, 0.2) is 0 Å². The second-order valence-electron chi connectivity index (χ2n) is 3.15. The molecule has 2 heteroatoms. The largest absolute Gasteiger partial charge is 0.401 e. The summed E-state index contributed by atoms with van der Waals surface area (Å²) in [6, 6.07) is 8.20. The highest BCUT2D eigenvalue weighted by molar-refractivity contribution is 5.60. The summed E-state index contributed by atoms with van der Waals surface area (Å²) in [6.45, 7) is 0. The van der Waals surface area contributed by atoms with Crippen molar-refractivity contribution >= 4 is 6.08 Å². The van der Waals surface area contributed by atoms with Crippen LogP contribution in [-0.4, -0.2) is 6.04 Å². The van der Waals surface area contributed by atoms with Crippen LogP contribution in [0.3, 0.4) is 0 Å². The van der Waals surface area contributed by atoms with Crippen LogP contribution in [-0.2, 0) is 6.42 Å². The highest BCUT2D eigenvalue weighted by Gasteiger charge is 2.14. The van der Waals surface area contributed by atoms with Crippen LogP contribution < -0.4 is 11.5 Å². The number of hydrogen-bond acceptors (Lipinski definition) is 2. The van der Waals surface area contributed by atoms with Crippen molar-refractivity contribution in [1.29, 1.82) is 0 Å². The van der Waals surface area contributed by atoms with Crippen LogP contribution in [0.1, 0.15) is 11.1 Å². The molecular weight excluding hydrogens is 148 g/mol. The van der Waals surface area contributed by atoms with E-state index in [2.05, 4.69) is 12.1 Å². The molecule has 0 fully saturated rings. The Hall–Kier alpha value is -1.28. The minimum atomic E-state index is -0.0000926. The molecule has 1 aromatic carbocycles. The third-order valence-electron chi connectivity index (χ3n) is 2.25. The van der Waals surface area contributed by atoms with Gasteiger partial charge in [-0.2, -0.15) is 0 Å². The van der Waals surface area contributed by atoms with E-state index in [0.717, 1.165) is 12.1 Å². The maximum absolute atomic E-state index is 5.80. The third kappa shape index (κ3) is 1.10. The van der Waals surface area contributed by atoms with Gasteiger partial charge in [-0.05, 0) is 23.6 Å². The summed E-state index contributed by atoms with van der Waals surface area (Å²) in [5.74, 6) is 0. The Balaban J connectivity index is 2.49. The van der Waals surface area contributed by atoms with Crippen molar-refractivity contribution in [1.82, 2.24) is 0 Å². The first-order valence-corrected chi connectivity index (χ1v) is 4.08. The predicted octanol–water partition coefficient (Wildman–Crippen LogP) is 0.870.